The SMILES string of the molecule is O=P(O)(O)O.[H-].[H-].[HH].[Na+].[Na+]. The third kappa shape index (κ3) is 68.0. The molecule has 0 rings (SSSR count). The second kappa shape index (κ2) is 6.23. The first-order chi connectivity index (χ1) is 2.00. The number of rotatable bonds is 0. The van der Waals surface area contributed by atoms with Gasteiger partial charge in [0.05, 0.1) is 0 Å². The second-order valence-corrected chi connectivity index (χ2v) is 1.54. The molecule has 0 aromatic carbocycles. The van der Waals surface area contributed by atoms with Crippen LogP contribution in [0.1, 0.15) is 4.28 Å². The summed E-state index contributed by atoms with van der Waals surface area (Å²) in [4.78, 5) is 21.6. The molecule has 0 fully saturated rings. The van der Waals surface area contributed by atoms with E-state index in [4.69, 9.17) is 19.2 Å². The third-order valence-corrected chi connectivity index (χ3v) is 0. The van der Waals surface area contributed by atoms with E-state index in [0.717, 1.165) is 0 Å². The summed E-state index contributed by atoms with van der Waals surface area (Å²) in [5, 5.41) is 0. The van der Waals surface area contributed by atoms with Crippen molar-refractivity contribution in [2.24, 2.45) is 0 Å². The first-order valence-corrected chi connectivity index (χ1v) is 2.35. The van der Waals surface area contributed by atoms with E-state index >= 15 is 0 Å². The number of hydrogen-bond donors (Lipinski definition) is 3. The Labute approximate surface area is 89.6 Å². The molecule has 3 N–H and O–H groups in total. The van der Waals surface area contributed by atoms with Gasteiger partial charge in [0.25, 0.3) is 0 Å². The van der Waals surface area contributed by atoms with Crippen LogP contribution >= 0.6 is 7.82 Å². The normalized spacial score (nSPS) is 8.43. The molecular formula is H7Na2O4P. The molecule has 7 heavy (non-hydrogen) atoms. The minimum atomic E-state index is -4.64. The molecule has 0 atom stereocenters. The second-order valence-electron chi connectivity index (χ2n) is 0.513. The van der Waals surface area contributed by atoms with Gasteiger partial charge in [0, 0.05) is 1.43 Å². The fraction of sp³-hybridized carbons (Fsp3) is 0. The predicted molar refractivity (Wildman–Crippen MR) is 18.6 cm³/mol. The van der Waals surface area contributed by atoms with E-state index in [0.29, 0.717) is 0 Å². The Morgan fingerprint density at radius 3 is 1.29 bits per heavy atom. The molecule has 0 radical (unpaired) electrons. The molecule has 0 heterocycles. The average molecular weight is 148 g/mol. The number of phosphoric acid groups is 1. The van der Waals surface area contributed by atoms with Crippen molar-refractivity contribution in [3.63, 3.8) is 0 Å². The van der Waals surface area contributed by atoms with Crippen LogP contribution in [0.25, 0.3) is 0 Å². The zero-order chi connectivity index (χ0) is 4.50. The van der Waals surface area contributed by atoms with Crippen LogP contribution < -0.4 is 59.1 Å². The molecule has 0 aliphatic rings. The van der Waals surface area contributed by atoms with Gasteiger partial charge in [-0.25, -0.2) is 4.57 Å². The Bertz CT molecular complexity index is 64.6. The van der Waals surface area contributed by atoms with E-state index in [1.807, 2.05) is 0 Å². The van der Waals surface area contributed by atoms with E-state index in [1.54, 1.807) is 0 Å². The van der Waals surface area contributed by atoms with Crippen molar-refractivity contribution in [1.29, 1.82) is 0 Å². The molecule has 0 saturated carbocycles. The molecular weight excluding hydrogens is 141 g/mol. The molecule has 0 amide bonds. The summed E-state index contributed by atoms with van der Waals surface area (Å²) in [5.74, 6) is 0. The molecule has 0 aromatic heterocycles. The summed E-state index contributed by atoms with van der Waals surface area (Å²) in [6.07, 6.45) is 0. The van der Waals surface area contributed by atoms with Crippen LogP contribution in [0.3, 0.4) is 0 Å². The average Bonchev–Trinajstić information content (AvgIpc) is 0.722. The maximum absolute atomic E-state index is 8.88. The van der Waals surface area contributed by atoms with E-state index in [1.165, 1.54) is 0 Å². The van der Waals surface area contributed by atoms with E-state index in [-0.39, 0.29) is 63.4 Å². The fourth-order valence-corrected chi connectivity index (χ4v) is 0. The van der Waals surface area contributed by atoms with Crippen molar-refractivity contribution in [1.82, 2.24) is 0 Å². The summed E-state index contributed by atoms with van der Waals surface area (Å²) >= 11 is 0. The van der Waals surface area contributed by atoms with Crippen LogP contribution in [0.15, 0.2) is 0 Å². The van der Waals surface area contributed by atoms with Crippen molar-refractivity contribution < 1.29 is 82.6 Å². The zero-order valence-electron chi connectivity index (χ0n) is 6.20. The number of hydrogen-bond acceptors (Lipinski definition) is 1. The molecule has 0 saturated heterocycles. The Kier molecular flexibility index (Phi) is 14.3. The summed E-state index contributed by atoms with van der Waals surface area (Å²) in [6, 6.07) is 0. The van der Waals surface area contributed by atoms with Gasteiger partial charge >= 0.3 is 66.9 Å². The van der Waals surface area contributed by atoms with Gasteiger partial charge < -0.3 is 17.5 Å². The molecule has 0 aromatic rings. The van der Waals surface area contributed by atoms with Crippen molar-refractivity contribution in [3.05, 3.63) is 0 Å². The van der Waals surface area contributed by atoms with Gasteiger partial charge in [-0.05, 0) is 0 Å². The monoisotopic (exact) mass is 148 g/mol. The standard InChI is InChI=1S/2Na.H3O4P.H2.2H/c;;1-5(2,3)4;;;/h;;(H3,1,2,3,4);1H;;/q2*+1;;;2*-1. The molecule has 0 spiro atoms. The maximum Gasteiger partial charge on any atom is 1.00 e. The summed E-state index contributed by atoms with van der Waals surface area (Å²) in [5.41, 5.74) is 0. The third-order valence-electron chi connectivity index (χ3n) is 0. The molecule has 7 heteroatoms. The molecule has 38 valence electrons. The Morgan fingerprint density at radius 2 is 1.29 bits per heavy atom. The zero-order valence-corrected chi connectivity index (χ0v) is 9.09. The summed E-state index contributed by atoms with van der Waals surface area (Å²) in [6.45, 7) is 0. The summed E-state index contributed by atoms with van der Waals surface area (Å²) in [7, 11) is -4.64. The minimum Gasteiger partial charge on any atom is -1.00 e. The van der Waals surface area contributed by atoms with Gasteiger partial charge in [0.15, 0.2) is 0 Å². The van der Waals surface area contributed by atoms with Gasteiger partial charge in [0.1, 0.15) is 0 Å². The van der Waals surface area contributed by atoms with Gasteiger partial charge in [-0.2, -0.15) is 0 Å². The van der Waals surface area contributed by atoms with Crippen LogP contribution in [-0.4, -0.2) is 14.7 Å². The quantitative estimate of drug-likeness (QED) is 0.236. The first-order valence-electron chi connectivity index (χ1n) is 0.783. The van der Waals surface area contributed by atoms with E-state index in [2.05, 4.69) is 0 Å². The van der Waals surface area contributed by atoms with Crippen LogP contribution in [0.4, 0.5) is 0 Å². The topological polar surface area (TPSA) is 77.8 Å². The van der Waals surface area contributed by atoms with Gasteiger partial charge in [-0.1, -0.05) is 0 Å². The molecule has 0 bridgehead atoms. The van der Waals surface area contributed by atoms with Gasteiger partial charge in [0.2, 0.25) is 0 Å². The Hall–Kier alpha value is 2.11. The van der Waals surface area contributed by atoms with Gasteiger partial charge in [-0.3, -0.25) is 0 Å². The van der Waals surface area contributed by atoms with Crippen molar-refractivity contribution in [2.75, 3.05) is 0 Å². The largest absolute Gasteiger partial charge is 1.00 e. The van der Waals surface area contributed by atoms with Crippen LogP contribution in [0, 0.1) is 0 Å². The van der Waals surface area contributed by atoms with Gasteiger partial charge in [-0.15, -0.1) is 0 Å². The van der Waals surface area contributed by atoms with Crippen LogP contribution in [0.2, 0.25) is 0 Å². The minimum absolute atomic E-state index is 0. The van der Waals surface area contributed by atoms with Crippen molar-refractivity contribution in [3.8, 4) is 0 Å². The van der Waals surface area contributed by atoms with Crippen molar-refractivity contribution in [2.45, 2.75) is 0 Å². The fourth-order valence-electron chi connectivity index (χ4n) is 0. The molecule has 4 nitrogen and oxygen atoms in total. The first kappa shape index (κ1) is 16.1. The smallest absolute Gasteiger partial charge is 1.00 e. The summed E-state index contributed by atoms with van der Waals surface area (Å²) < 4.78 is 8.88. The molecule has 0 aliphatic carbocycles. The van der Waals surface area contributed by atoms with E-state index in [9.17, 15) is 0 Å². The van der Waals surface area contributed by atoms with Crippen LogP contribution in [-0.2, 0) is 4.57 Å². The maximum atomic E-state index is 8.88. The Morgan fingerprint density at radius 1 is 1.29 bits per heavy atom. The predicted octanol–water partition coefficient (Wildman–Crippen LogP) is -6.45. The Balaban J connectivity index is -0.00000000800. The molecule has 0 unspecified atom stereocenters. The molecule has 0 aliphatic heterocycles. The van der Waals surface area contributed by atoms with E-state index < -0.39 is 7.82 Å². The van der Waals surface area contributed by atoms with Crippen molar-refractivity contribution >= 4 is 7.82 Å². The van der Waals surface area contributed by atoms with Crippen LogP contribution in [0.5, 0.6) is 0 Å².